The summed E-state index contributed by atoms with van der Waals surface area (Å²) >= 11 is 18.1. The molecule has 0 aliphatic rings. The Labute approximate surface area is 167 Å². The van der Waals surface area contributed by atoms with Crippen molar-refractivity contribution in [2.75, 3.05) is 5.43 Å². The van der Waals surface area contributed by atoms with Crippen LogP contribution in [0.1, 0.15) is 11.1 Å². The predicted octanol–water partition coefficient (Wildman–Crippen LogP) is 6.67. The van der Waals surface area contributed by atoms with Crippen molar-refractivity contribution in [2.45, 2.75) is 6.61 Å². The van der Waals surface area contributed by atoms with E-state index in [4.69, 9.17) is 39.5 Å². The Kier molecular flexibility index (Phi) is 6.40. The molecule has 0 heterocycles. The molecule has 3 nitrogen and oxygen atoms in total. The molecule has 6 heteroatoms. The summed E-state index contributed by atoms with van der Waals surface area (Å²) in [5.74, 6) is 0.726. The van der Waals surface area contributed by atoms with Crippen LogP contribution in [0.15, 0.2) is 71.8 Å². The zero-order valence-corrected chi connectivity index (χ0v) is 15.9. The van der Waals surface area contributed by atoms with Gasteiger partial charge in [-0.3, -0.25) is 5.43 Å². The summed E-state index contributed by atoms with van der Waals surface area (Å²) in [6, 6.07) is 20.3. The third-order valence-electron chi connectivity index (χ3n) is 3.58. The number of nitrogens with one attached hydrogen (secondary N) is 1. The molecule has 3 aromatic rings. The van der Waals surface area contributed by atoms with E-state index >= 15 is 0 Å². The van der Waals surface area contributed by atoms with Crippen LogP contribution in [0.25, 0.3) is 0 Å². The van der Waals surface area contributed by atoms with Crippen LogP contribution in [-0.2, 0) is 6.61 Å². The highest BCUT2D eigenvalue weighted by Gasteiger charge is 2.06. The standard InChI is InChI=1S/C20H15Cl3N2O/c21-15-6-8-16(9-7-15)25-24-12-14-4-10-17(11-5-14)26-13-18-19(22)2-1-3-20(18)23/h1-12,25H,13H2. The maximum atomic E-state index is 6.14. The number of halogens is 3. The second-order valence-electron chi connectivity index (χ2n) is 5.43. The fraction of sp³-hybridized carbons (Fsp3) is 0.0500. The zero-order chi connectivity index (χ0) is 18.4. The van der Waals surface area contributed by atoms with Gasteiger partial charge >= 0.3 is 0 Å². The van der Waals surface area contributed by atoms with Crippen LogP contribution >= 0.6 is 34.8 Å². The Bertz CT molecular complexity index is 874. The van der Waals surface area contributed by atoms with Crippen LogP contribution in [0.3, 0.4) is 0 Å². The molecule has 0 amide bonds. The number of hydrazone groups is 1. The summed E-state index contributed by atoms with van der Waals surface area (Å²) in [5, 5.41) is 6.07. The molecular weight excluding hydrogens is 391 g/mol. The Morgan fingerprint density at radius 1 is 0.846 bits per heavy atom. The van der Waals surface area contributed by atoms with Gasteiger partial charge in [0.05, 0.1) is 11.9 Å². The molecule has 0 saturated carbocycles. The zero-order valence-electron chi connectivity index (χ0n) is 13.6. The van der Waals surface area contributed by atoms with E-state index in [9.17, 15) is 0 Å². The van der Waals surface area contributed by atoms with E-state index in [1.54, 1.807) is 36.5 Å². The van der Waals surface area contributed by atoms with Crippen molar-refractivity contribution in [1.82, 2.24) is 0 Å². The van der Waals surface area contributed by atoms with Gasteiger partial charge in [0.1, 0.15) is 12.4 Å². The van der Waals surface area contributed by atoms with Crippen LogP contribution in [0, 0.1) is 0 Å². The lowest BCUT2D eigenvalue weighted by Crippen LogP contribution is -1.97. The summed E-state index contributed by atoms with van der Waals surface area (Å²) in [5.41, 5.74) is 5.52. The molecule has 0 bridgehead atoms. The van der Waals surface area contributed by atoms with Crippen LogP contribution in [-0.4, -0.2) is 6.21 Å². The number of hydrogen-bond donors (Lipinski definition) is 1. The van der Waals surface area contributed by atoms with E-state index in [1.165, 1.54) is 0 Å². The molecule has 3 rings (SSSR count). The maximum absolute atomic E-state index is 6.14. The number of benzene rings is 3. The van der Waals surface area contributed by atoms with Crippen molar-refractivity contribution in [3.63, 3.8) is 0 Å². The minimum Gasteiger partial charge on any atom is -0.489 e. The van der Waals surface area contributed by atoms with Gasteiger partial charge in [0.15, 0.2) is 0 Å². The van der Waals surface area contributed by atoms with Gasteiger partial charge in [-0.1, -0.05) is 40.9 Å². The van der Waals surface area contributed by atoms with E-state index in [0.29, 0.717) is 21.7 Å². The normalized spacial score (nSPS) is 10.9. The first-order chi connectivity index (χ1) is 12.6. The van der Waals surface area contributed by atoms with Crippen molar-refractivity contribution in [3.8, 4) is 5.75 Å². The Balaban J connectivity index is 1.56. The molecule has 0 aliphatic carbocycles. The quantitative estimate of drug-likeness (QED) is 0.367. The molecule has 0 radical (unpaired) electrons. The van der Waals surface area contributed by atoms with Crippen LogP contribution in [0.2, 0.25) is 15.1 Å². The van der Waals surface area contributed by atoms with E-state index in [0.717, 1.165) is 22.6 Å². The van der Waals surface area contributed by atoms with Crippen LogP contribution in [0.5, 0.6) is 5.75 Å². The number of nitrogens with zero attached hydrogens (tertiary/aromatic N) is 1. The van der Waals surface area contributed by atoms with Crippen molar-refractivity contribution in [3.05, 3.63) is 92.9 Å². The number of anilines is 1. The van der Waals surface area contributed by atoms with Crippen molar-refractivity contribution in [2.24, 2.45) is 5.10 Å². The molecular formula is C20H15Cl3N2O. The van der Waals surface area contributed by atoms with Gasteiger partial charge in [-0.05, 0) is 66.2 Å². The monoisotopic (exact) mass is 404 g/mol. The molecule has 0 spiro atoms. The van der Waals surface area contributed by atoms with E-state index in [1.807, 2.05) is 36.4 Å². The highest BCUT2D eigenvalue weighted by atomic mass is 35.5. The van der Waals surface area contributed by atoms with Gasteiger partial charge in [0.25, 0.3) is 0 Å². The maximum Gasteiger partial charge on any atom is 0.119 e. The molecule has 132 valence electrons. The molecule has 0 aromatic heterocycles. The Morgan fingerprint density at radius 3 is 2.15 bits per heavy atom. The lowest BCUT2D eigenvalue weighted by atomic mass is 10.2. The molecule has 0 saturated heterocycles. The number of ether oxygens (including phenoxy) is 1. The summed E-state index contributed by atoms with van der Waals surface area (Å²) < 4.78 is 5.75. The van der Waals surface area contributed by atoms with Gasteiger partial charge < -0.3 is 4.74 Å². The molecule has 26 heavy (non-hydrogen) atoms. The third-order valence-corrected chi connectivity index (χ3v) is 4.54. The van der Waals surface area contributed by atoms with Gasteiger partial charge in [0, 0.05) is 20.6 Å². The first-order valence-electron chi connectivity index (χ1n) is 7.82. The SMILES string of the molecule is Clc1ccc(NN=Cc2ccc(OCc3c(Cl)cccc3Cl)cc2)cc1. The highest BCUT2D eigenvalue weighted by molar-refractivity contribution is 6.35. The van der Waals surface area contributed by atoms with Gasteiger partial charge in [-0.2, -0.15) is 5.10 Å². The van der Waals surface area contributed by atoms with Crippen molar-refractivity contribution < 1.29 is 4.74 Å². The summed E-state index contributed by atoms with van der Waals surface area (Å²) in [4.78, 5) is 0. The summed E-state index contributed by atoms with van der Waals surface area (Å²) in [6.45, 7) is 0.310. The van der Waals surface area contributed by atoms with Crippen LogP contribution < -0.4 is 10.2 Å². The fourth-order valence-corrected chi connectivity index (χ4v) is 2.81. The topological polar surface area (TPSA) is 33.6 Å². The molecule has 3 aromatic carbocycles. The summed E-state index contributed by atoms with van der Waals surface area (Å²) in [7, 11) is 0. The van der Waals surface area contributed by atoms with Crippen LogP contribution in [0.4, 0.5) is 5.69 Å². The second-order valence-corrected chi connectivity index (χ2v) is 6.69. The molecule has 0 atom stereocenters. The predicted molar refractivity (Wildman–Crippen MR) is 110 cm³/mol. The van der Waals surface area contributed by atoms with Gasteiger partial charge in [-0.25, -0.2) is 0 Å². The van der Waals surface area contributed by atoms with E-state index in [-0.39, 0.29) is 0 Å². The first kappa shape index (κ1) is 18.6. The van der Waals surface area contributed by atoms with Crippen molar-refractivity contribution >= 4 is 46.7 Å². The average Bonchev–Trinajstić information content (AvgIpc) is 2.64. The molecule has 0 fully saturated rings. The Morgan fingerprint density at radius 2 is 1.50 bits per heavy atom. The average molecular weight is 406 g/mol. The fourth-order valence-electron chi connectivity index (χ4n) is 2.18. The lowest BCUT2D eigenvalue weighted by molar-refractivity contribution is 0.306. The molecule has 1 N–H and O–H groups in total. The molecule has 0 unspecified atom stereocenters. The van der Waals surface area contributed by atoms with Gasteiger partial charge in [-0.15, -0.1) is 0 Å². The number of hydrogen-bond acceptors (Lipinski definition) is 3. The smallest absolute Gasteiger partial charge is 0.119 e. The van der Waals surface area contributed by atoms with Gasteiger partial charge in [0.2, 0.25) is 0 Å². The number of rotatable bonds is 6. The summed E-state index contributed by atoms with van der Waals surface area (Å²) in [6.07, 6.45) is 1.73. The molecule has 0 aliphatic heterocycles. The highest BCUT2D eigenvalue weighted by Crippen LogP contribution is 2.25. The lowest BCUT2D eigenvalue weighted by Gasteiger charge is -2.09. The minimum atomic E-state index is 0.310. The Hall–Kier alpha value is -2.20. The van der Waals surface area contributed by atoms with E-state index in [2.05, 4.69) is 10.5 Å². The minimum absolute atomic E-state index is 0.310. The van der Waals surface area contributed by atoms with Crippen molar-refractivity contribution in [1.29, 1.82) is 0 Å². The first-order valence-corrected chi connectivity index (χ1v) is 8.95. The van der Waals surface area contributed by atoms with E-state index < -0.39 is 0 Å². The second kappa shape index (κ2) is 8.95. The largest absolute Gasteiger partial charge is 0.489 e. The third kappa shape index (κ3) is 5.15.